The van der Waals surface area contributed by atoms with E-state index in [1.807, 2.05) is 6.20 Å². The molecule has 6 nitrogen and oxygen atoms in total. The highest BCUT2D eigenvalue weighted by Crippen LogP contribution is 2.18. The number of anilines is 1. The molecule has 0 aliphatic carbocycles. The second kappa shape index (κ2) is 12.3. The zero-order valence-corrected chi connectivity index (χ0v) is 20.8. The van der Waals surface area contributed by atoms with Gasteiger partial charge in [-0.3, -0.25) is 4.99 Å². The minimum Gasteiger partial charge on any atom is -0.357 e. The van der Waals surface area contributed by atoms with E-state index in [0.29, 0.717) is 19.0 Å². The molecule has 0 unspecified atom stereocenters. The SMILES string of the molecule is CN=C(NCc1ccc(N2CCCCCC2)nc1)NCc1nc(C(C)C)cs1.I. The summed E-state index contributed by atoms with van der Waals surface area (Å²) in [4.78, 5) is 16.0. The highest BCUT2D eigenvalue weighted by molar-refractivity contribution is 14.0. The second-order valence-corrected chi connectivity index (χ2v) is 8.47. The van der Waals surface area contributed by atoms with Crippen LogP contribution in [-0.4, -0.2) is 36.1 Å². The third-order valence-corrected chi connectivity index (χ3v) is 5.86. The molecule has 2 aromatic heterocycles. The standard InChI is InChI=1S/C21H32N6S.HI/c1-16(2)18-15-28-20(26-18)14-25-21(22-3)24-13-17-8-9-19(23-12-17)27-10-6-4-5-7-11-27;/h8-9,12,15-16H,4-7,10-11,13-14H2,1-3H3,(H2,22,24,25);1H. The Labute approximate surface area is 195 Å². The van der Waals surface area contributed by atoms with Crippen molar-refractivity contribution in [3.05, 3.63) is 40.0 Å². The first-order valence-corrected chi connectivity index (χ1v) is 11.1. The Morgan fingerprint density at radius 1 is 1.14 bits per heavy atom. The van der Waals surface area contributed by atoms with Gasteiger partial charge >= 0.3 is 0 Å². The molecule has 0 spiro atoms. The van der Waals surface area contributed by atoms with Gasteiger partial charge in [0.05, 0.1) is 12.2 Å². The molecular formula is C21H33IN6S. The largest absolute Gasteiger partial charge is 0.357 e. The maximum atomic E-state index is 4.68. The Morgan fingerprint density at radius 3 is 2.45 bits per heavy atom. The van der Waals surface area contributed by atoms with Crippen LogP contribution < -0.4 is 15.5 Å². The van der Waals surface area contributed by atoms with E-state index in [4.69, 9.17) is 0 Å². The quantitative estimate of drug-likeness (QED) is 0.328. The van der Waals surface area contributed by atoms with Gasteiger partial charge < -0.3 is 15.5 Å². The Kier molecular flexibility index (Phi) is 10.1. The average Bonchev–Trinajstić information content (AvgIpc) is 3.03. The fraction of sp³-hybridized carbons (Fsp3) is 0.571. The van der Waals surface area contributed by atoms with Crippen LogP contribution in [0.1, 0.15) is 61.7 Å². The van der Waals surface area contributed by atoms with Gasteiger partial charge in [0.15, 0.2) is 5.96 Å². The third-order valence-electron chi connectivity index (χ3n) is 4.99. The molecule has 1 aliphatic heterocycles. The van der Waals surface area contributed by atoms with Crippen molar-refractivity contribution >= 4 is 47.1 Å². The van der Waals surface area contributed by atoms with Crippen LogP contribution >= 0.6 is 35.3 Å². The van der Waals surface area contributed by atoms with Crippen molar-refractivity contribution in [3.63, 3.8) is 0 Å². The zero-order chi connectivity index (χ0) is 19.8. The van der Waals surface area contributed by atoms with Crippen molar-refractivity contribution in [3.8, 4) is 0 Å². The smallest absolute Gasteiger partial charge is 0.191 e. The number of thiazole rings is 1. The maximum Gasteiger partial charge on any atom is 0.191 e. The number of guanidine groups is 1. The van der Waals surface area contributed by atoms with Crippen molar-refractivity contribution < 1.29 is 0 Å². The second-order valence-electron chi connectivity index (χ2n) is 7.53. The summed E-state index contributed by atoms with van der Waals surface area (Å²) in [5.74, 6) is 2.34. The molecule has 0 amide bonds. The molecule has 1 aliphatic rings. The molecule has 8 heteroatoms. The van der Waals surface area contributed by atoms with Gasteiger partial charge in [0, 0.05) is 38.3 Å². The summed E-state index contributed by atoms with van der Waals surface area (Å²) in [5, 5.41) is 9.91. The van der Waals surface area contributed by atoms with Crippen LogP contribution in [0.15, 0.2) is 28.7 Å². The predicted molar refractivity (Wildman–Crippen MR) is 134 cm³/mol. The minimum atomic E-state index is 0. The number of rotatable bonds is 6. The van der Waals surface area contributed by atoms with Crippen LogP contribution in [0, 0.1) is 0 Å². The number of hydrogen-bond donors (Lipinski definition) is 2. The Hall–Kier alpha value is -1.42. The lowest BCUT2D eigenvalue weighted by Gasteiger charge is -2.21. The van der Waals surface area contributed by atoms with Gasteiger partial charge in [0.1, 0.15) is 10.8 Å². The van der Waals surface area contributed by atoms with Crippen LogP contribution in [0.3, 0.4) is 0 Å². The Morgan fingerprint density at radius 2 is 1.86 bits per heavy atom. The minimum absolute atomic E-state index is 0. The van der Waals surface area contributed by atoms with Crippen LogP contribution in [0.2, 0.25) is 0 Å². The van der Waals surface area contributed by atoms with Crippen LogP contribution in [0.5, 0.6) is 0 Å². The lowest BCUT2D eigenvalue weighted by atomic mass is 10.2. The molecule has 3 heterocycles. The van der Waals surface area contributed by atoms with Gasteiger partial charge in [-0.05, 0) is 30.4 Å². The van der Waals surface area contributed by atoms with E-state index in [1.165, 1.54) is 25.7 Å². The molecule has 160 valence electrons. The van der Waals surface area contributed by atoms with E-state index in [-0.39, 0.29) is 24.0 Å². The lowest BCUT2D eigenvalue weighted by molar-refractivity contribution is 0.726. The number of halogens is 1. The van der Waals surface area contributed by atoms with E-state index < -0.39 is 0 Å². The summed E-state index contributed by atoms with van der Waals surface area (Å²) in [6.07, 6.45) is 7.18. The van der Waals surface area contributed by atoms with Crippen LogP contribution in [0.25, 0.3) is 0 Å². The summed E-state index contributed by atoms with van der Waals surface area (Å²) in [5.41, 5.74) is 2.30. The van der Waals surface area contributed by atoms with Crippen molar-refractivity contribution in [2.24, 2.45) is 4.99 Å². The predicted octanol–water partition coefficient (Wildman–Crippen LogP) is 4.53. The summed E-state index contributed by atoms with van der Waals surface area (Å²) < 4.78 is 0. The summed E-state index contributed by atoms with van der Waals surface area (Å²) in [6, 6.07) is 4.30. The van der Waals surface area contributed by atoms with Gasteiger partial charge in [-0.2, -0.15) is 0 Å². The number of pyridine rings is 1. The molecule has 1 saturated heterocycles. The van der Waals surface area contributed by atoms with Gasteiger partial charge in [0.25, 0.3) is 0 Å². The highest BCUT2D eigenvalue weighted by atomic mass is 127. The molecule has 0 radical (unpaired) electrons. The molecule has 2 N–H and O–H groups in total. The van der Waals surface area contributed by atoms with Crippen molar-refractivity contribution in [1.82, 2.24) is 20.6 Å². The number of nitrogens with zero attached hydrogens (tertiary/aromatic N) is 4. The normalized spacial score (nSPS) is 15.0. The summed E-state index contributed by atoms with van der Waals surface area (Å²) in [7, 11) is 1.79. The van der Waals surface area contributed by atoms with Crippen LogP contribution in [-0.2, 0) is 13.1 Å². The molecule has 0 bridgehead atoms. The first kappa shape index (κ1) is 23.9. The first-order chi connectivity index (χ1) is 13.7. The van der Waals surface area contributed by atoms with Gasteiger partial charge in [-0.15, -0.1) is 35.3 Å². The molecule has 2 aromatic rings. The lowest BCUT2D eigenvalue weighted by Crippen LogP contribution is -2.36. The van der Waals surface area contributed by atoms with E-state index in [2.05, 4.69) is 61.9 Å². The van der Waals surface area contributed by atoms with E-state index in [0.717, 1.165) is 41.1 Å². The van der Waals surface area contributed by atoms with E-state index in [9.17, 15) is 0 Å². The number of aliphatic imine (C=N–C) groups is 1. The van der Waals surface area contributed by atoms with Gasteiger partial charge in [-0.1, -0.05) is 32.8 Å². The molecule has 0 atom stereocenters. The summed E-state index contributed by atoms with van der Waals surface area (Å²) in [6.45, 7) is 7.95. The average molecular weight is 529 g/mol. The van der Waals surface area contributed by atoms with E-state index >= 15 is 0 Å². The van der Waals surface area contributed by atoms with Crippen molar-refractivity contribution in [1.29, 1.82) is 0 Å². The monoisotopic (exact) mass is 528 g/mol. The molecule has 0 aromatic carbocycles. The highest BCUT2D eigenvalue weighted by Gasteiger charge is 2.11. The fourth-order valence-electron chi connectivity index (χ4n) is 3.25. The molecular weight excluding hydrogens is 495 g/mol. The van der Waals surface area contributed by atoms with E-state index in [1.54, 1.807) is 18.4 Å². The first-order valence-electron chi connectivity index (χ1n) is 10.2. The van der Waals surface area contributed by atoms with Crippen molar-refractivity contribution in [2.75, 3.05) is 25.0 Å². The van der Waals surface area contributed by atoms with Gasteiger partial charge in [-0.25, -0.2) is 9.97 Å². The Balaban J connectivity index is 0.00000300. The molecule has 0 saturated carbocycles. The summed E-state index contributed by atoms with van der Waals surface area (Å²) >= 11 is 1.69. The number of nitrogens with one attached hydrogen (secondary N) is 2. The fourth-order valence-corrected chi connectivity index (χ4v) is 4.14. The number of aromatic nitrogens is 2. The molecule has 3 rings (SSSR count). The van der Waals surface area contributed by atoms with Crippen molar-refractivity contribution in [2.45, 2.75) is 58.5 Å². The maximum absolute atomic E-state index is 4.68. The number of hydrogen-bond acceptors (Lipinski definition) is 5. The topological polar surface area (TPSA) is 65.4 Å². The van der Waals surface area contributed by atoms with Crippen LogP contribution in [0.4, 0.5) is 5.82 Å². The molecule has 29 heavy (non-hydrogen) atoms. The third kappa shape index (κ3) is 7.40. The Bertz CT molecular complexity index is 751. The van der Waals surface area contributed by atoms with Gasteiger partial charge in [0.2, 0.25) is 0 Å². The molecule has 1 fully saturated rings. The zero-order valence-electron chi connectivity index (χ0n) is 17.6.